The normalized spacial score (nSPS) is 17.6. The molecule has 2 aromatic rings. The molecule has 0 saturated carbocycles. The Balaban J connectivity index is 1.77. The number of benzene rings is 2. The van der Waals surface area contributed by atoms with E-state index in [9.17, 15) is 17.6 Å². The SMILES string of the molecule is COc1cccc(NC(=O)[C@H]2CCCN(S(=O)(=O)c3cc(F)ccc3OC)C2)c1. The molecule has 9 heteroatoms. The molecule has 0 bridgehead atoms. The second kappa shape index (κ2) is 8.79. The standard InChI is InChI=1S/C20H23FN2O5S/c1-27-17-7-3-6-16(12-17)22-20(24)14-5-4-10-23(13-14)29(25,26)19-11-15(21)8-9-18(19)28-2/h3,6-9,11-12,14H,4-5,10,13H2,1-2H3,(H,22,24)/t14-/m0/s1. The molecule has 1 aliphatic rings. The summed E-state index contributed by atoms with van der Waals surface area (Å²) < 4.78 is 51.2. The monoisotopic (exact) mass is 422 g/mol. The van der Waals surface area contributed by atoms with Crippen LogP contribution in [0.3, 0.4) is 0 Å². The molecule has 0 spiro atoms. The van der Waals surface area contributed by atoms with E-state index in [-0.39, 0.29) is 29.6 Å². The lowest BCUT2D eigenvalue weighted by atomic mass is 9.98. The first-order valence-electron chi connectivity index (χ1n) is 9.13. The number of amides is 1. The highest BCUT2D eigenvalue weighted by molar-refractivity contribution is 7.89. The number of rotatable bonds is 6. The fourth-order valence-electron chi connectivity index (χ4n) is 3.31. The highest BCUT2D eigenvalue weighted by atomic mass is 32.2. The Bertz CT molecular complexity index is 996. The minimum atomic E-state index is -4.01. The maximum Gasteiger partial charge on any atom is 0.246 e. The molecule has 0 aliphatic carbocycles. The summed E-state index contributed by atoms with van der Waals surface area (Å²) in [6, 6.07) is 10.3. The van der Waals surface area contributed by atoms with Gasteiger partial charge in [-0.15, -0.1) is 0 Å². The quantitative estimate of drug-likeness (QED) is 0.774. The second-order valence-corrected chi connectivity index (χ2v) is 8.62. The number of ether oxygens (including phenoxy) is 2. The Morgan fingerprint density at radius 3 is 2.69 bits per heavy atom. The van der Waals surface area contributed by atoms with Gasteiger partial charge in [0, 0.05) is 24.8 Å². The van der Waals surface area contributed by atoms with Crippen LogP contribution in [-0.4, -0.2) is 45.9 Å². The van der Waals surface area contributed by atoms with Gasteiger partial charge in [0.25, 0.3) is 0 Å². The predicted octanol–water partition coefficient (Wildman–Crippen LogP) is 2.88. The molecular weight excluding hydrogens is 399 g/mol. The summed E-state index contributed by atoms with van der Waals surface area (Å²) in [5, 5.41) is 2.80. The van der Waals surface area contributed by atoms with Crippen LogP contribution in [0.15, 0.2) is 47.4 Å². The number of hydrogen-bond acceptors (Lipinski definition) is 5. The lowest BCUT2D eigenvalue weighted by molar-refractivity contribution is -0.120. The van der Waals surface area contributed by atoms with E-state index in [0.717, 1.165) is 12.1 Å². The van der Waals surface area contributed by atoms with Crippen molar-refractivity contribution in [3.05, 3.63) is 48.3 Å². The predicted molar refractivity (Wildman–Crippen MR) is 106 cm³/mol. The molecule has 7 nitrogen and oxygen atoms in total. The smallest absolute Gasteiger partial charge is 0.246 e. The number of halogens is 1. The number of sulfonamides is 1. The molecule has 0 aromatic heterocycles. The molecule has 1 N–H and O–H groups in total. The zero-order valence-corrected chi connectivity index (χ0v) is 17.0. The fourth-order valence-corrected chi connectivity index (χ4v) is 5.00. The number of nitrogens with zero attached hydrogens (tertiary/aromatic N) is 1. The van der Waals surface area contributed by atoms with Crippen molar-refractivity contribution in [2.24, 2.45) is 5.92 Å². The van der Waals surface area contributed by atoms with E-state index in [1.54, 1.807) is 24.3 Å². The Morgan fingerprint density at radius 2 is 1.97 bits per heavy atom. The summed E-state index contributed by atoms with van der Waals surface area (Å²) in [6.07, 6.45) is 1.08. The van der Waals surface area contributed by atoms with E-state index < -0.39 is 21.8 Å². The number of carbonyl (C=O) groups is 1. The van der Waals surface area contributed by atoms with Gasteiger partial charge in [-0.1, -0.05) is 6.07 Å². The van der Waals surface area contributed by atoms with E-state index in [0.29, 0.717) is 24.3 Å². The van der Waals surface area contributed by atoms with Crippen molar-refractivity contribution in [2.45, 2.75) is 17.7 Å². The number of hydrogen-bond donors (Lipinski definition) is 1. The molecule has 29 heavy (non-hydrogen) atoms. The first-order valence-corrected chi connectivity index (χ1v) is 10.6. The Hall–Kier alpha value is -2.65. The van der Waals surface area contributed by atoms with Crippen molar-refractivity contribution in [1.82, 2.24) is 4.31 Å². The van der Waals surface area contributed by atoms with E-state index in [4.69, 9.17) is 9.47 Å². The van der Waals surface area contributed by atoms with Crippen LogP contribution in [0, 0.1) is 11.7 Å². The van der Waals surface area contributed by atoms with Gasteiger partial charge in [0.05, 0.1) is 20.1 Å². The third-order valence-corrected chi connectivity index (χ3v) is 6.72. The minimum absolute atomic E-state index is 0.0117. The molecular formula is C20H23FN2O5S. The molecule has 1 fully saturated rings. The molecule has 1 heterocycles. The van der Waals surface area contributed by atoms with Crippen LogP contribution >= 0.6 is 0 Å². The Morgan fingerprint density at radius 1 is 1.17 bits per heavy atom. The zero-order valence-electron chi connectivity index (χ0n) is 16.2. The van der Waals surface area contributed by atoms with Gasteiger partial charge in [0.2, 0.25) is 15.9 Å². The van der Waals surface area contributed by atoms with Gasteiger partial charge in [-0.25, -0.2) is 12.8 Å². The molecule has 2 aromatic carbocycles. The number of anilines is 1. The van der Waals surface area contributed by atoms with E-state index in [1.165, 1.54) is 24.6 Å². The van der Waals surface area contributed by atoms with E-state index >= 15 is 0 Å². The molecule has 1 atom stereocenters. The van der Waals surface area contributed by atoms with E-state index in [2.05, 4.69) is 5.32 Å². The van der Waals surface area contributed by atoms with Crippen molar-refractivity contribution < 1.29 is 27.1 Å². The van der Waals surface area contributed by atoms with Crippen molar-refractivity contribution >= 4 is 21.6 Å². The summed E-state index contributed by atoms with van der Waals surface area (Å²) in [7, 11) is -1.15. The summed E-state index contributed by atoms with van der Waals surface area (Å²) in [6.45, 7) is 0.267. The Kier molecular flexibility index (Phi) is 6.39. The summed E-state index contributed by atoms with van der Waals surface area (Å²) in [4.78, 5) is 12.5. The van der Waals surface area contributed by atoms with Crippen LogP contribution in [0.5, 0.6) is 11.5 Å². The van der Waals surface area contributed by atoms with Crippen molar-refractivity contribution in [3.8, 4) is 11.5 Å². The fraction of sp³-hybridized carbons (Fsp3) is 0.350. The summed E-state index contributed by atoms with van der Waals surface area (Å²) >= 11 is 0. The van der Waals surface area contributed by atoms with Crippen molar-refractivity contribution in [2.75, 3.05) is 32.6 Å². The Labute approximate surface area is 169 Å². The molecule has 156 valence electrons. The van der Waals surface area contributed by atoms with Crippen molar-refractivity contribution in [3.63, 3.8) is 0 Å². The largest absolute Gasteiger partial charge is 0.497 e. The van der Waals surface area contributed by atoms with Crippen molar-refractivity contribution in [1.29, 1.82) is 0 Å². The van der Waals surface area contributed by atoms with Crippen LogP contribution in [0.1, 0.15) is 12.8 Å². The molecule has 1 saturated heterocycles. The highest BCUT2D eigenvalue weighted by Gasteiger charge is 2.35. The molecule has 3 rings (SSSR count). The zero-order chi connectivity index (χ0) is 21.0. The van der Waals surface area contributed by atoms with Crippen LogP contribution in [0.25, 0.3) is 0 Å². The van der Waals surface area contributed by atoms with Gasteiger partial charge in [0.1, 0.15) is 22.2 Å². The van der Waals surface area contributed by atoms with Gasteiger partial charge in [-0.2, -0.15) is 4.31 Å². The second-order valence-electron chi connectivity index (χ2n) is 6.72. The molecule has 0 radical (unpaired) electrons. The molecule has 1 aliphatic heterocycles. The number of carbonyl (C=O) groups excluding carboxylic acids is 1. The minimum Gasteiger partial charge on any atom is -0.497 e. The van der Waals surface area contributed by atoms with Gasteiger partial charge in [-0.05, 0) is 43.2 Å². The number of nitrogens with one attached hydrogen (secondary N) is 1. The lowest BCUT2D eigenvalue weighted by Crippen LogP contribution is -2.43. The topological polar surface area (TPSA) is 84.9 Å². The molecule has 0 unspecified atom stereocenters. The average molecular weight is 422 g/mol. The van der Waals surface area contributed by atoms with Crippen LogP contribution in [0.4, 0.5) is 10.1 Å². The maximum atomic E-state index is 13.7. The number of piperidine rings is 1. The van der Waals surface area contributed by atoms with Gasteiger partial charge >= 0.3 is 0 Å². The van der Waals surface area contributed by atoms with Gasteiger partial charge in [-0.3, -0.25) is 4.79 Å². The molecule has 1 amide bonds. The third kappa shape index (κ3) is 4.68. The summed E-state index contributed by atoms with van der Waals surface area (Å²) in [5.41, 5.74) is 0.570. The summed E-state index contributed by atoms with van der Waals surface area (Å²) in [5.74, 6) is -0.800. The van der Waals surface area contributed by atoms with Crippen LogP contribution in [-0.2, 0) is 14.8 Å². The average Bonchev–Trinajstić information content (AvgIpc) is 2.74. The first kappa shape index (κ1) is 21.1. The maximum absolute atomic E-state index is 13.7. The van der Waals surface area contributed by atoms with Gasteiger partial charge in [0.15, 0.2) is 0 Å². The third-order valence-electron chi connectivity index (χ3n) is 4.84. The highest BCUT2D eigenvalue weighted by Crippen LogP contribution is 2.31. The van der Waals surface area contributed by atoms with E-state index in [1.807, 2.05) is 0 Å². The van der Waals surface area contributed by atoms with Crippen LogP contribution in [0.2, 0.25) is 0 Å². The number of methoxy groups -OCH3 is 2. The lowest BCUT2D eigenvalue weighted by Gasteiger charge is -2.31. The van der Waals surface area contributed by atoms with Gasteiger partial charge < -0.3 is 14.8 Å². The first-order chi connectivity index (χ1) is 13.8. The van der Waals surface area contributed by atoms with Crippen LogP contribution < -0.4 is 14.8 Å².